The lowest BCUT2D eigenvalue weighted by Crippen LogP contribution is -2.45. The van der Waals surface area contributed by atoms with E-state index in [4.69, 9.17) is 10.5 Å². The van der Waals surface area contributed by atoms with Crippen LogP contribution in [0.4, 0.5) is 11.6 Å². The minimum absolute atomic E-state index is 0.215. The number of nitrogens with two attached hydrogens (primary N) is 1. The molecule has 1 aromatic heterocycles. The van der Waals surface area contributed by atoms with Crippen molar-refractivity contribution in [2.45, 2.75) is 31.2 Å². The van der Waals surface area contributed by atoms with Gasteiger partial charge in [0.2, 0.25) is 0 Å². The van der Waals surface area contributed by atoms with Gasteiger partial charge in [-0.1, -0.05) is 11.8 Å². The van der Waals surface area contributed by atoms with Gasteiger partial charge in [-0.05, 0) is 20.1 Å². The Balaban J connectivity index is 2.23. The first-order chi connectivity index (χ1) is 8.08. The zero-order chi connectivity index (χ0) is 12.4. The van der Waals surface area contributed by atoms with Crippen LogP contribution in [0, 0.1) is 0 Å². The van der Waals surface area contributed by atoms with Crippen molar-refractivity contribution >= 4 is 23.4 Å². The van der Waals surface area contributed by atoms with Crippen molar-refractivity contribution in [1.29, 1.82) is 0 Å². The molecule has 1 aromatic rings. The number of thioether (sulfide) groups is 1. The molecule has 5 nitrogen and oxygen atoms in total. The second kappa shape index (κ2) is 5.10. The summed E-state index contributed by atoms with van der Waals surface area (Å²) in [6.45, 7) is 5.83. The van der Waals surface area contributed by atoms with Crippen molar-refractivity contribution in [2.75, 3.05) is 30.0 Å². The molecule has 0 aliphatic carbocycles. The molecule has 0 aromatic carbocycles. The Morgan fingerprint density at radius 1 is 1.35 bits per heavy atom. The van der Waals surface area contributed by atoms with Crippen LogP contribution in [0.2, 0.25) is 0 Å². The van der Waals surface area contributed by atoms with Crippen molar-refractivity contribution in [3.05, 3.63) is 6.07 Å². The number of nitrogens with zero attached hydrogens (tertiary/aromatic N) is 3. The summed E-state index contributed by atoms with van der Waals surface area (Å²) in [5.74, 6) is 1.41. The highest BCUT2D eigenvalue weighted by Crippen LogP contribution is 2.22. The van der Waals surface area contributed by atoms with E-state index < -0.39 is 0 Å². The van der Waals surface area contributed by atoms with Gasteiger partial charge in [0.25, 0.3) is 0 Å². The van der Waals surface area contributed by atoms with E-state index in [0.29, 0.717) is 11.0 Å². The SMILES string of the molecule is CSc1nc(N)cc(N2C[C@@H](C)O[C@@H](C)C2)n1. The van der Waals surface area contributed by atoms with Gasteiger partial charge in [-0.25, -0.2) is 9.97 Å². The molecule has 6 heteroatoms. The van der Waals surface area contributed by atoms with Crippen LogP contribution in [-0.2, 0) is 4.74 Å². The van der Waals surface area contributed by atoms with E-state index >= 15 is 0 Å². The molecule has 1 saturated heterocycles. The summed E-state index contributed by atoms with van der Waals surface area (Å²) in [6.07, 6.45) is 2.38. The number of morpholine rings is 1. The van der Waals surface area contributed by atoms with E-state index in [1.807, 2.05) is 12.3 Å². The van der Waals surface area contributed by atoms with Crippen LogP contribution in [0.15, 0.2) is 11.2 Å². The molecular formula is C11H18N4OS. The van der Waals surface area contributed by atoms with Crippen LogP contribution in [-0.4, -0.2) is 41.5 Å². The third kappa shape index (κ3) is 3.01. The Labute approximate surface area is 106 Å². The lowest BCUT2D eigenvalue weighted by atomic mass is 10.2. The Hall–Kier alpha value is -1.01. The molecule has 0 spiro atoms. The van der Waals surface area contributed by atoms with Crippen LogP contribution in [0.25, 0.3) is 0 Å². The minimum atomic E-state index is 0.215. The van der Waals surface area contributed by atoms with Crippen LogP contribution in [0.1, 0.15) is 13.8 Å². The first kappa shape index (κ1) is 12.4. The lowest BCUT2D eigenvalue weighted by Gasteiger charge is -2.36. The highest BCUT2D eigenvalue weighted by Gasteiger charge is 2.23. The fourth-order valence-electron chi connectivity index (χ4n) is 2.05. The van der Waals surface area contributed by atoms with Gasteiger partial charge in [0, 0.05) is 19.2 Å². The largest absolute Gasteiger partial charge is 0.383 e. The molecule has 17 heavy (non-hydrogen) atoms. The normalized spacial score (nSPS) is 25.0. The molecule has 0 saturated carbocycles. The Bertz CT molecular complexity index is 391. The quantitative estimate of drug-likeness (QED) is 0.635. The minimum Gasteiger partial charge on any atom is -0.383 e. The van der Waals surface area contributed by atoms with Crippen molar-refractivity contribution < 1.29 is 4.74 Å². The smallest absolute Gasteiger partial charge is 0.191 e. The number of nitrogen functional groups attached to an aromatic ring is 1. The van der Waals surface area contributed by atoms with E-state index in [-0.39, 0.29) is 12.2 Å². The van der Waals surface area contributed by atoms with Gasteiger partial charge >= 0.3 is 0 Å². The van der Waals surface area contributed by atoms with E-state index in [1.54, 1.807) is 0 Å². The maximum Gasteiger partial charge on any atom is 0.191 e. The lowest BCUT2D eigenvalue weighted by molar-refractivity contribution is -0.00549. The van der Waals surface area contributed by atoms with Crippen molar-refractivity contribution in [3.8, 4) is 0 Å². The molecule has 1 aliphatic rings. The first-order valence-electron chi connectivity index (χ1n) is 5.67. The van der Waals surface area contributed by atoms with Gasteiger partial charge in [-0.3, -0.25) is 0 Å². The number of aromatic nitrogens is 2. The number of ether oxygens (including phenoxy) is 1. The summed E-state index contributed by atoms with van der Waals surface area (Å²) in [5.41, 5.74) is 5.79. The van der Waals surface area contributed by atoms with Gasteiger partial charge < -0.3 is 15.4 Å². The summed E-state index contributed by atoms with van der Waals surface area (Å²) < 4.78 is 5.70. The summed E-state index contributed by atoms with van der Waals surface area (Å²) in [7, 11) is 0. The maximum absolute atomic E-state index is 5.79. The number of rotatable bonds is 2. The topological polar surface area (TPSA) is 64.3 Å². The molecule has 2 N–H and O–H groups in total. The van der Waals surface area contributed by atoms with E-state index in [2.05, 4.69) is 28.7 Å². The van der Waals surface area contributed by atoms with Gasteiger partial charge in [0.15, 0.2) is 5.16 Å². The Morgan fingerprint density at radius 2 is 2.00 bits per heavy atom. The Morgan fingerprint density at radius 3 is 2.59 bits per heavy atom. The van der Waals surface area contributed by atoms with Crippen LogP contribution >= 0.6 is 11.8 Å². The van der Waals surface area contributed by atoms with Crippen LogP contribution in [0.3, 0.4) is 0 Å². The predicted molar refractivity (Wildman–Crippen MR) is 70.4 cm³/mol. The van der Waals surface area contributed by atoms with Crippen molar-refractivity contribution in [2.24, 2.45) is 0 Å². The third-order valence-corrected chi connectivity index (χ3v) is 3.19. The zero-order valence-electron chi connectivity index (χ0n) is 10.4. The molecule has 2 heterocycles. The highest BCUT2D eigenvalue weighted by molar-refractivity contribution is 7.98. The molecule has 2 atom stereocenters. The van der Waals surface area contributed by atoms with Gasteiger partial charge in [0.05, 0.1) is 12.2 Å². The molecule has 0 unspecified atom stereocenters. The molecule has 1 aliphatic heterocycles. The second-order valence-corrected chi connectivity index (χ2v) is 5.07. The van der Waals surface area contributed by atoms with Crippen molar-refractivity contribution in [3.63, 3.8) is 0 Å². The predicted octanol–water partition coefficient (Wildman–Crippen LogP) is 1.39. The summed E-state index contributed by atoms with van der Waals surface area (Å²) >= 11 is 1.50. The average molecular weight is 254 g/mol. The van der Waals surface area contributed by atoms with Crippen LogP contribution in [0.5, 0.6) is 0 Å². The zero-order valence-corrected chi connectivity index (χ0v) is 11.2. The van der Waals surface area contributed by atoms with E-state index in [1.165, 1.54) is 11.8 Å². The Kier molecular flexibility index (Phi) is 3.73. The van der Waals surface area contributed by atoms with E-state index in [0.717, 1.165) is 18.9 Å². The molecule has 0 bridgehead atoms. The second-order valence-electron chi connectivity index (χ2n) is 4.30. The van der Waals surface area contributed by atoms with Gasteiger partial charge in [-0.2, -0.15) is 0 Å². The molecular weight excluding hydrogens is 236 g/mol. The highest BCUT2D eigenvalue weighted by atomic mass is 32.2. The monoisotopic (exact) mass is 254 g/mol. The molecule has 1 fully saturated rings. The molecule has 0 amide bonds. The van der Waals surface area contributed by atoms with Gasteiger partial charge in [0.1, 0.15) is 11.6 Å². The summed E-state index contributed by atoms with van der Waals surface area (Å²) in [5, 5.41) is 0.715. The van der Waals surface area contributed by atoms with E-state index in [9.17, 15) is 0 Å². The summed E-state index contributed by atoms with van der Waals surface area (Å²) in [4.78, 5) is 10.8. The van der Waals surface area contributed by atoms with Crippen LogP contribution < -0.4 is 10.6 Å². The summed E-state index contributed by atoms with van der Waals surface area (Å²) in [6, 6.07) is 1.82. The molecule has 0 radical (unpaired) electrons. The third-order valence-electron chi connectivity index (χ3n) is 2.64. The fraction of sp³-hybridized carbons (Fsp3) is 0.636. The molecule has 94 valence electrons. The number of hydrogen-bond acceptors (Lipinski definition) is 6. The maximum atomic E-state index is 5.79. The number of hydrogen-bond donors (Lipinski definition) is 1. The van der Waals surface area contributed by atoms with Crippen molar-refractivity contribution in [1.82, 2.24) is 9.97 Å². The number of anilines is 2. The fourth-order valence-corrected chi connectivity index (χ4v) is 2.43. The average Bonchev–Trinajstić information content (AvgIpc) is 2.26. The first-order valence-corrected chi connectivity index (χ1v) is 6.90. The standard InChI is InChI=1S/C11H18N4OS/c1-7-5-15(6-8(2)16-7)10-4-9(12)13-11(14-10)17-3/h4,7-8H,5-6H2,1-3H3,(H2,12,13,14)/t7-,8+. The molecule has 2 rings (SSSR count). The van der Waals surface area contributed by atoms with Gasteiger partial charge in [-0.15, -0.1) is 0 Å².